The molecule has 3 aromatic carbocycles. The number of nitrogens with one attached hydrogen (secondary N) is 1. The summed E-state index contributed by atoms with van der Waals surface area (Å²) in [5.41, 5.74) is 2.23. The minimum absolute atomic E-state index is 0.0246. The fraction of sp³-hybridized carbons (Fsp3) is 0.0435. The number of rotatable bonds is 6. The highest BCUT2D eigenvalue weighted by Gasteiger charge is 2.14. The third-order valence-electron chi connectivity index (χ3n) is 4.01. The first-order valence-corrected chi connectivity index (χ1v) is 11.5. The summed E-state index contributed by atoms with van der Waals surface area (Å²) in [6.45, 7) is 0.360. The van der Waals surface area contributed by atoms with E-state index in [1.165, 1.54) is 6.08 Å². The number of nitriles is 1. The molecule has 0 saturated heterocycles. The Morgan fingerprint density at radius 3 is 2.57 bits per heavy atom. The van der Waals surface area contributed by atoms with Crippen LogP contribution in [0.1, 0.15) is 11.1 Å². The lowest BCUT2D eigenvalue weighted by Gasteiger charge is -2.13. The maximum atomic E-state index is 12.7. The van der Waals surface area contributed by atoms with E-state index in [9.17, 15) is 10.1 Å². The number of nitrogens with zero attached hydrogens (tertiary/aromatic N) is 1. The van der Waals surface area contributed by atoms with Gasteiger partial charge in [-0.25, -0.2) is 0 Å². The van der Waals surface area contributed by atoms with Crippen molar-refractivity contribution < 1.29 is 9.53 Å². The molecule has 0 unspecified atom stereocenters. The zero-order chi connectivity index (χ0) is 21.5. The van der Waals surface area contributed by atoms with Crippen LogP contribution in [-0.4, -0.2) is 5.91 Å². The average Bonchev–Trinajstić information content (AvgIpc) is 2.72. The van der Waals surface area contributed by atoms with E-state index in [4.69, 9.17) is 4.74 Å². The SMILES string of the molecule is N#C/C(=C\c1cc(Br)cc(Br)c1OCc1ccccc1)C(=O)Nc1cccc(I)c1. The zero-order valence-corrected chi connectivity index (χ0v) is 20.9. The van der Waals surface area contributed by atoms with Crippen molar-refractivity contribution in [1.29, 1.82) is 5.26 Å². The minimum Gasteiger partial charge on any atom is -0.487 e. The van der Waals surface area contributed by atoms with Crippen LogP contribution in [0.3, 0.4) is 0 Å². The molecule has 0 atom stereocenters. The predicted molar refractivity (Wildman–Crippen MR) is 134 cm³/mol. The minimum atomic E-state index is -0.482. The Balaban J connectivity index is 1.89. The van der Waals surface area contributed by atoms with E-state index < -0.39 is 5.91 Å². The summed E-state index contributed by atoms with van der Waals surface area (Å²) in [4.78, 5) is 12.7. The highest BCUT2D eigenvalue weighted by molar-refractivity contribution is 14.1. The molecular formula is C23H15Br2IN2O2. The van der Waals surface area contributed by atoms with Crippen LogP contribution in [-0.2, 0) is 11.4 Å². The molecule has 0 aliphatic rings. The van der Waals surface area contributed by atoms with Crippen molar-refractivity contribution in [3.8, 4) is 11.8 Å². The van der Waals surface area contributed by atoms with Crippen molar-refractivity contribution in [1.82, 2.24) is 0 Å². The first kappa shape index (κ1) is 22.5. The van der Waals surface area contributed by atoms with E-state index >= 15 is 0 Å². The van der Waals surface area contributed by atoms with Crippen LogP contribution in [0.25, 0.3) is 6.08 Å². The number of anilines is 1. The molecule has 0 heterocycles. The molecule has 0 aliphatic heterocycles. The van der Waals surface area contributed by atoms with Gasteiger partial charge in [0.2, 0.25) is 0 Å². The highest BCUT2D eigenvalue weighted by atomic mass is 127. The Labute approximate surface area is 205 Å². The molecule has 7 heteroatoms. The van der Waals surface area contributed by atoms with Crippen LogP contribution in [0.5, 0.6) is 5.75 Å². The molecule has 0 saturated carbocycles. The lowest BCUT2D eigenvalue weighted by atomic mass is 10.1. The van der Waals surface area contributed by atoms with Gasteiger partial charge in [-0.15, -0.1) is 0 Å². The Hall–Kier alpha value is -2.15. The van der Waals surface area contributed by atoms with E-state index in [1.54, 1.807) is 12.1 Å². The Morgan fingerprint density at radius 1 is 1.10 bits per heavy atom. The van der Waals surface area contributed by atoms with E-state index in [0.717, 1.165) is 18.1 Å². The van der Waals surface area contributed by atoms with Gasteiger partial charge < -0.3 is 10.1 Å². The summed E-state index contributed by atoms with van der Waals surface area (Å²) in [5.74, 6) is 0.0708. The van der Waals surface area contributed by atoms with Crippen molar-refractivity contribution in [2.45, 2.75) is 6.61 Å². The average molecular weight is 638 g/mol. The molecule has 0 fully saturated rings. The smallest absolute Gasteiger partial charge is 0.266 e. The summed E-state index contributed by atoms with van der Waals surface area (Å²) in [5, 5.41) is 12.3. The van der Waals surface area contributed by atoms with Gasteiger partial charge in [0, 0.05) is 19.3 Å². The van der Waals surface area contributed by atoms with E-state index in [2.05, 4.69) is 59.8 Å². The molecule has 0 radical (unpaired) electrons. The number of hydrogen-bond acceptors (Lipinski definition) is 3. The summed E-state index contributed by atoms with van der Waals surface area (Å²) in [6.07, 6.45) is 1.53. The molecule has 30 heavy (non-hydrogen) atoms. The Bertz CT molecular complexity index is 1140. The van der Waals surface area contributed by atoms with Crippen molar-refractivity contribution in [3.05, 3.63) is 95.9 Å². The van der Waals surface area contributed by atoms with Crippen LogP contribution in [0.15, 0.2) is 81.2 Å². The van der Waals surface area contributed by atoms with Crippen LogP contribution < -0.4 is 10.1 Å². The van der Waals surface area contributed by atoms with Crippen molar-refractivity contribution in [2.75, 3.05) is 5.32 Å². The second kappa shape index (κ2) is 10.8. The fourth-order valence-electron chi connectivity index (χ4n) is 2.64. The van der Waals surface area contributed by atoms with Crippen molar-refractivity contribution in [3.63, 3.8) is 0 Å². The van der Waals surface area contributed by atoms with Gasteiger partial charge in [-0.1, -0.05) is 52.3 Å². The number of ether oxygens (including phenoxy) is 1. The molecule has 3 aromatic rings. The Morgan fingerprint density at radius 2 is 1.87 bits per heavy atom. The standard InChI is InChI=1S/C23H15Br2IN2O2/c24-18-10-16(22(21(25)11-18)30-14-15-5-2-1-3-6-15)9-17(13-27)23(29)28-20-8-4-7-19(26)12-20/h1-12H,14H2,(H,28,29)/b17-9+. The fourth-order valence-corrected chi connectivity index (χ4v) is 4.55. The second-order valence-corrected chi connectivity index (χ2v) is 9.23. The summed E-state index contributed by atoms with van der Waals surface area (Å²) < 4.78 is 8.51. The highest BCUT2D eigenvalue weighted by Crippen LogP contribution is 2.35. The number of amides is 1. The zero-order valence-electron chi connectivity index (χ0n) is 15.5. The first-order valence-electron chi connectivity index (χ1n) is 8.81. The molecule has 3 rings (SSSR count). The Kier molecular flexibility index (Phi) is 8.08. The van der Waals surface area contributed by atoms with Gasteiger partial charge in [0.05, 0.1) is 4.47 Å². The largest absolute Gasteiger partial charge is 0.487 e. The normalized spacial score (nSPS) is 10.9. The van der Waals surface area contributed by atoms with Gasteiger partial charge in [-0.3, -0.25) is 4.79 Å². The van der Waals surface area contributed by atoms with Crippen LogP contribution in [0.2, 0.25) is 0 Å². The first-order chi connectivity index (χ1) is 14.5. The molecule has 4 nitrogen and oxygen atoms in total. The number of halogens is 3. The van der Waals surface area contributed by atoms with E-state index in [0.29, 0.717) is 23.6 Å². The molecular weight excluding hydrogens is 623 g/mol. The van der Waals surface area contributed by atoms with Crippen LogP contribution >= 0.6 is 54.5 Å². The van der Waals surface area contributed by atoms with Crippen molar-refractivity contribution in [2.24, 2.45) is 0 Å². The monoisotopic (exact) mass is 636 g/mol. The maximum absolute atomic E-state index is 12.7. The van der Waals surface area contributed by atoms with Crippen LogP contribution in [0, 0.1) is 14.9 Å². The van der Waals surface area contributed by atoms with Crippen molar-refractivity contribution >= 4 is 72.1 Å². The van der Waals surface area contributed by atoms with E-state index in [1.807, 2.05) is 60.7 Å². The predicted octanol–water partition coefficient (Wildman–Crippen LogP) is 6.94. The lowest BCUT2D eigenvalue weighted by molar-refractivity contribution is -0.112. The molecule has 1 N–H and O–H groups in total. The van der Waals surface area contributed by atoms with Gasteiger partial charge in [0.25, 0.3) is 5.91 Å². The van der Waals surface area contributed by atoms with Gasteiger partial charge in [0.1, 0.15) is 24.0 Å². The molecule has 1 amide bonds. The number of hydrogen-bond donors (Lipinski definition) is 1. The number of carbonyl (C=O) groups is 1. The summed E-state index contributed by atoms with van der Waals surface area (Å²) in [7, 11) is 0. The van der Waals surface area contributed by atoms with Gasteiger partial charge in [-0.2, -0.15) is 5.26 Å². The number of benzene rings is 3. The summed E-state index contributed by atoms with van der Waals surface area (Å²) >= 11 is 9.13. The third-order valence-corrected chi connectivity index (χ3v) is 5.73. The molecule has 0 aliphatic carbocycles. The van der Waals surface area contributed by atoms with Gasteiger partial charge in [0.15, 0.2) is 0 Å². The van der Waals surface area contributed by atoms with E-state index in [-0.39, 0.29) is 5.57 Å². The van der Waals surface area contributed by atoms with Gasteiger partial charge >= 0.3 is 0 Å². The second-order valence-electron chi connectivity index (χ2n) is 6.21. The maximum Gasteiger partial charge on any atom is 0.266 e. The quantitative estimate of drug-likeness (QED) is 0.181. The summed E-state index contributed by atoms with van der Waals surface area (Å²) in [6, 6.07) is 22.8. The molecule has 0 aromatic heterocycles. The lowest BCUT2D eigenvalue weighted by Crippen LogP contribution is -2.13. The molecule has 0 bridgehead atoms. The topological polar surface area (TPSA) is 62.1 Å². The third kappa shape index (κ3) is 6.17. The molecule has 0 spiro atoms. The van der Waals surface area contributed by atoms with Gasteiger partial charge in [-0.05, 0) is 80.5 Å². The van der Waals surface area contributed by atoms with Crippen LogP contribution in [0.4, 0.5) is 5.69 Å². The number of carbonyl (C=O) groups excluding carboxylic acids is 1. The molecule has 150 valence electrons.